The molecule has 3 aromatic rings. The fraction of sp³-hybridized carbons (Fsp3) is 0.111. The third kappa shape index (κ3) is 2.45. The number of fused-ring (bicyclic) bond motifs is 2. The monoisotopic (exact) mass is 335 g/mol. The van der Waals surface area contributed by atoms with E-state index in [0.717, 1.165) is 15.8 Å². The molecule has 0 saturated carbocycles. The van der Waals surface area contributed by atoms with Gasteiger partial charge in [0.2, 0.25) is 0 Å². The number of hydrogen-bond acceptors (Lipinski definition) is 5. The summed E-state index contributed by atoms with van der Waals surface area (Å²) in [5.41, 5.74) is 0.968. The lowest BCUT2D eigenvalue weighted by Crippen LogP contribution is -2.31. The van der Waals surface area contributed by atoms with Gasteiger partial charge in [-0.2, -0.15) is 5.10 Å². The first-order valence-corrected chi connectivity index (χ1v) is 8.53. The smallest absolute Gasteiger partial charge is 0.261 e. The van der Waals surface area contributed by atoms with Crippen LogP contribution in [0.1, 0.15) is 20.7 Å². The van der Waals surface area contributed by atoms with E-state index >= 15 is 0 Å². The van der Waals surface area contributed by atoms with Crippen LogP contribution in [0.4, 0.5) is 0 Å². The van der Waals surface area contributed by atoms with E-state index in [-0.39, 0.29) is 11.8 Å². The molecule has 1 aliphatic rings. The first kappa shape index (κ1) is 14.8. The zero-order chi connectivity index (χ0) is 16.5. The lowest BCUT2D eigenvalue weighted by Gasteiger charge is -2.13. The molecule has 0 unspecified atom stereocenters. The first-order chi connectivity index (χ1) is 11.8. The molecular weight excluding hydrogens is 322 g/mol. The van der Waals surface area contributed by atoms with E-state index in [4.69, 9.17) is 0 Å². The lowest BCUT2D eigenvalue weighted by atomic mass is 10.1. The van der Waals surface area contributed by atoms with Gasteiger partial charge in [0.15, 0.2) is 0 Å². The molecule has 6 heteroatoms. The van der Waals surface area contributed by atoms with Gasteiger partial charge in [0.25, 0.3) is 11.8 Å². The van der Waals surface area contributed by atoms with Gasteiger partial charge in [-0.05, 0) is 12.1 Å². The van der Waals surface area contributed by atoms with Crippen molar-refractivity contribution in [3.63, 3.8) is 0 Å². The van der Waals surface area contributed by atoms with E-state index in [1.165, 1.54) is 16.7 Å². The Bertz CT molecular complexity index is 917. The summed E-state index contributed by atoms with van der Waals surface area (Å²) in [7, 11) is 0. The van der Waals surface area contributed by atoms with Crippen LogP contribution in [0, 0.1) is 0 Å². The van der Waals surface area contributed by atoms with Crippen molar-refractivity contribution >= 4 is 34.3 Å². The molecule has 4 rings (SSSR count). The SMILES string of the molecule is O=C1c2ccccc2C(=O)N1CCSc1nncc2ccccc12. The molecule has 0 saturated heterocycles. The van der Waals surface area contributed by atoms with Gasteiger partial charge < -0.3 is 0 Å². The van der Waals surface area contributed by atoms with Crippen LogP contribution in [0.3, 0.4) is 0 Å². The number of hydrogen-bond donors (Lipinski definition) is 0. The minimum atomic E-state index is -0.222. The molecule has 5 nitrogen and oxygen atoms in total. The van der Waals surface area contributed by atoms with Crippen LogP contribution in [0.25, 0.3) is 10.8 Å². The van der Waals surface area contributed by atoms with Crippen molar-refractivity contribution in [2.24, 2.45) is 0 Å². The highest BCUT2D eigenvalue weighted by atomic mass is 32.2. The number of carbonyl (C=O) groups is 2. The number of carbonyl (C=O) groups excluding carboxylic acids is 2. The second kappa shape index (κ2) is 6.05. The minimum Gasteiger partial charge on any atom is -0.273 e. The fourth-order valence-electron chi connectivity index (χ4n) is 2.78. The van der Waals surface area contributed by atoms with Crippen LogP contribution in [0.5, 0.6) is 0 Å². The first-order valence-electron chi connectivity index (χ1n) is 7.54. The molecule has 2 heterocycles. The molecular formula is C18H13N3O2S. The Balaban J connectivity index is 1.49. The standard InChI is InChI=1S/C18H13N3O2S/c22-17-14-7-3-4-8-15(14)18(23)21(17)9-10-24-16-13-6-2-1-5-12(13)11-19-20-16/h1-8,11H,9-10H2. The summed E-state index contributed by atoms with van der Waals surface area (Å²) in [4.78, 5) is 26.0. The van der Waals surface area contributed by atoms with Crippen LogP contribution in [0.2, 0.25) is 0 Å². The highest BCUT2D eigenvalue weighted by molar-refractivity contribution is 7.99. The maximum Gasteiger partial charge on any atom is 0.261 e. The lowest BCUT2D eigenvalue weighted by molar-refractivity contribution is 0.0664. The molecule has 0 atom stereocenters. The predicted octanol–water partition coefficient (Wildman–Crippen LogP) is 3.02. The van der Waals surface area contributed by atoms with Gasteiger partial charge in [-0.1, -0.05) is 36.4 Å². The number of amides is 2. The Morgan fingerprint density at radius 2 is 1.58 bits per heavy atom. The molecule has 0 N–H and O–H groups in total. The Morgan fingerprint density at radius 3 is 2.33 bits per heavy atom. The largest absolute Gasteiger partial charge is 0.273 e. The molecule has 0 bridgehead atoms. The summed E-state index contributed by atoms with van der Waals surface area (Å²) < 4.78 is 0. The summed E-state index contributed by atoms with van der Waals surface area (Å²) in [6.07, 6.45) is 1.73. The topological polar surface area (TPSA) is 63.2 Å². The van der Waals surface area contributed by atoms with Crippen molar-refractivity contribution in [3.05, 3.63) is 65.9 Å². The van der Waals surface area contributed by atoms with Gasteiger partial charge in [-0.3, -0.25) is 14.5 Å². The Labute approximate surface area is 142 Å². The van der Waals surface area contributed by atoms with Crippen molar-refractivity contribution in [3.8, 4) is 0 Å². The summed E-state index contributed by atoms with van der Waals surface area (Å²) in [5, 5.41) is 11.0. The summed E-state index contributed by atoms with van der Waals surface area (Å²) >= 11 is 1.50. The maximum atomic E-state index is 12.3. The average Bonchev–Trinajstić information content (AvgIpc) is 2.87. The molecule has 118 valence electrons. The normalized spacial score (nSPS) is 13.6. The van der Waals surface area contributed by atoms with Gasteiger partial charge in [0.05, 0.1) is 17.3 Å². The molecule has 1 aromatic heterocycles. The molecule has 1 aliphatic heterocycles. The van der Waals surface area contributed by atoms with Gasteiger partial charge >= 0.3 is 0 Å². The van der Waals surface area contributed by atoms with Crippen LogP contribution < -0.4 is 0 Å². The molecule has 0 radical (unpaired) electrons. The van der Waals surface area contributed by atoms with Crippen molar-refractivity contribution in [2.75, 3.05) is 12.3 Å². The second-order valence-electron chi connectivity index (χ2n) is 5.39. The van der Waals surface area contributed by atoms with Gasteiger partial charge in [-0.25, -0.2) is 0 Å². The van der Waals surface area contributed by atoms with E-state index in [2.05, 4.69) is 10.2 Å². The van der Waals surface area contributed by atoms with Crippen LogP contribution in [-0.4, -0.2) is 39.2 Å². The average molecular weight is 335 g/mol. The summed E-state index contributed by atoms with van der Waals surface area (Å²) in [5.74, 6) is 0.133. The summed E-state index contributed by atoms with van der Waals surface area (Å²) in [6.45, 7) is 0.349. The van der Waals surface area contributed by atoms with Crippen molar-refractivity contribution in [1.82, 2.24) is 15.1 Å². The molecule has 24 heavy (non-hydrogen) atoms. The third-order valence-corrected chi connectivity index (χ3v) is 4.93. The highest BCUT2D eigenvalue weighted by Crippen LogP contribution is 2.26. The van der Waals surface area contributed by atoms with E-state index in [0.29, 0.717) is 23.4 Å². The van der Waals surface area contributed by atoms with Crippen molar-refractivity contribution in [1.29, 1.82) is 0 Å². The zero-order valence-corrected chi connectivity index (χ0v) is 13.5. The third-order valence-electron chi connectivity index (χ3n) is 3.97. The van der Waals surface area contributed by atoms with Gasteiger partial charge in [0, 0.05) is 23.1 Å². The molecule has 0 spiro atoms. The van der Waals surface area contributed by atoms with Crippen LogP contribution in [-0.2, 0) is 0 Å². The number of thioether (sulfide) groups is 1. The zero-order valence-electron chi connectivity index (χ0n) is 12.7. The number of rotatable bonds is 4. The quantitative estimate of drug-likeness (QED) is 0.542. The van der Waals surface area contributed by atoms with Crippen molar-refractivity contribution in [2.45, 2.75) is 5.03 Å². The molecule has 2 amide bonds. The van der Waals surface area contributed by atoms with Crippen LogP contribution in [0.15, 0.2) is 59.8 Å². The van der Waals surface area contributed by atoms with Crippen LogP contribution >= 0.6 is 11.8 Å². The number of aromatic nitrogens is 2. The van der Waals surface area contributed by atoms with E-state index in [9.17, 15) is 9.59 Å². The highest BCUT2D eigenvalue weighted by Gasteiger charge is 2.34. The van der Waals surface area contributed by atoms with Crippen molar-refractivity contribution < 1.29 is 9.59 Å². The second-order valence-corrected chi connectivity index (χ2v) is 6.48. The summed E-state index contributed by atoms with van der Waals surface area (Å²) in [6, 6.07) is 14.8. The Morgan fingerprint density at radius 1 is 0.917 bits per heavy atom. The molecule has 0 fully saturated rings. The van der Waals surface area contributed by atoms with Gasteiger partial charge in [-0.15, -0.1) is 16.9 Å². The number of benzene rings is 2. The Hall–Kier alpha value is -2.73. The fourth-order valence-corrected chi connectivity index (χ4v) is 3.70. The maximum absolute atomic E-state index is 12.3. The predicted molar refractivity (Wildman–Crippen MR) is 92.1 cm³/mol. The molecule has 2 aromatic carbocycles. The number of nitrogens with zero attached hydrogens (tertiary/aromatic N) is 3. The van der Waals surface area contributed by atoms with E-state index in [1.54, 1.807) is 30.5 Å². The number of imide groups is 1. The van der Waals surface area contributed by atoms with Gasteiger partial charge in [0.1, 0.15) is 5.03 Å². The van der Waals surface area contributed by atoms with E-state index < -0.39 is 0 Å². The van der Waals surface area contributed by atoms with E-state index in [1.807, 2.05) is 24.3 Å². The molecule has 0 aliphatic carbocycles. The Kier molecular flexibility index (Phi) is 3.74. The minimum absolute atomic E-state index is 0.222.